The van der Waals surface area contributed by atoms with Crippen LogP contribution in [0.2, 0.25) is 6.55 Å². The Hall–Kier alpha value is -0.683. The van der Waals surface area contributed by atoms with Gasteiger partial charge in [0.25, 0.3) is 0 Å². The van der Waals surface area contributed by atoms with E-state index < -0.39 is 8.80 Å². The Labute approximate surface area is 105 Å². The van der Waals surface area contributed by atoms with Gasteiger partial charge in [-0.1, -0.05) is 30.3 Å². The Morgan fingerprint density at radius 1 is 0.941 bits per heavy atom. The second kappa shape index (κ2) is 7.61. The summed E-state index contributed by atoms with van der Waals surface area (Å²) in [6.45, 7) is 7.79. The van der Waals surface area contributed by atoms with Crippen molar-refractivity contribution in [1.29, 1.82) is 0 Å². The number of hydrogen-bond donors (Lipinski definition) is 0. The molecular weight excluding hydrogens is 232 g/mol. The third-order valence-electron chi connectivity index (χ3n) is 2.41. The molecule has 96 valence electrons. The van der Waals surface area contributed by atoms with Gasteiger partial charge in [0.2, 0.25) is 0 Å². The SMILES string of the molecule is CCO[Si](C)(OCC)OCCc1ccccc1. The van der Waals surface area contributed by atoms with Gasteiger partial charge >= 0.3 is 8.80 Å². The highest BCUT2D eigenvalue weighted by Gasteiger charge is 2.33. The van der Waals surface area contributed by atoms with E-state index in [1.54, 1.807) is 0 Å². The molecule has 0 atom stereocenters. The minimum absolute atomic E-state index is 0.633. The van der Waals surface area contributed by atoms with E-state index in [0.29, 0.717) is 19.8 Å². The highest BCUT2D eigenvalue weighted by Crippen LogP contribution is 2.10. The predicted octanol–water partition coefficient (Wildman–Crippen LogP) is 2.89. The fraction of sp³-hybridized carbons (Fsp3) is 0.538. The van der Waals surface area contributed by atoms with Crippen LogP contribution in [0, 0.1) is 0 Å². The van der Waals surface area contributed by atoms with E-state index in [-0.39, 0.29) is 0 Å². The maximum Gasteiger partial charge on any atom is 0.497 e. The van der Waals surface area contributed by atoms with Gasteiger partial charge in [-0.25, -0.2) is 0 Å². The van der Waals surface area contributed by atoms with Crippen molar-refractivity contribution in [3.05, 3.63) is 35.9 Å². The van der Waals surface area contributed by atoms with Crippen molar-refractivity contribution in [2.24, 2.45) is 0 Å². The molecule has 0 N–H and O–H groups in total. The Balaban J connectivity index is 2.37. The van der Waals surface area contributed by atoms with E-state index in [9.17, 15) is 0 Å². The van der Waals surface area contributed by atoms with Gasteiger partial charge in [0.05, 0.1) is 0 Å². The lowest BCUT2D eigenvalue weighted by atomic mass is 10.2. The van der Waals surface area contributed by atoms with Crippen LogP contribution in [-0.4, -0.2) is 28.6 Å². The molecule has 0 aliphatic carbocycles. The maximum atomic E-state index is 5.81. The van der Waals surface area contributed by atoms with Crippen LogP contribution in [0.25, 0.3) is 0 Å². The smallest absolute Gasteiger partial charge is 0.374 e. The summed E-state index contributed by atoms with van der Waals surface area (Å²) in [5, 5.41) is 0. The maximum absolute atomic E-state index is 5.81. The molecular formula is C13H22O3Si. The zero-order valence-corrected chi connectivity index (χ0v) is 11.9. The molecule has 1 aromatic rings. The average Bonchev–Trinajstić information content (AvgIpc) is 2.31. The molecule has 0 bridgehead atoms. The molecule has 0 radical (unpaired) electrons. The Morgan fingerprint density at radius 3 is 2.06 bits per heavy atom. The molecule has 0 fully saturated rings. The van der Waals surface area contributed by atoms with Gasteiger partial charge in [0.15, 0.2) is 0 Å². The van der Waals surface area contributed by atoms with Crippen LogP contribution in [0.1, 0.15) is 19.4 Å². The summed E-state index contributed by atoms with van der Waals surface area (Å²) in [5.41, 5.74) is 1.27. The van der Waals surface area contributed by atoms with E-state index in [4.69, 9.17) is 13.3 Å². The van der Waals surface area contributed by atoms with Crippen molar-refractivity contribution in [2.75, 3.05) is 19.8 Å². The standard InChI is InChI=1S/C13H22O3Si/c1-4-14-17(3,15-5-2)16-12-11-13-9-7-6-8-10-13/h6-10H,4-5,11-12H2,1-3H3. The second-order valence-corrected chi connectivity index (χ2v) is 6.40. The number of rotatable bonds is 8. The van der Waals surface area contributed by atoms with Gasteiger partial charge in [-0.2, -0.15) is 0 Å². The monoisotopic (exact) mass is 254 g/mol. The molecule has 0 unspecified atom stereocenters. The highest BCUT2D eigenvalue weighted by atomic mass is 28.4. The van der Waals surface area contributed by atoms with Crippen LogP contribution in [0.15, 0.2) is 30.3 Å². The summed E-state index contributed by atoms with van der Waals surface area (Å²) in [4.78, 5) is 0. The number of hydrogen-bond acceptors (Lipinski definition) is 3. The second-order valence-electron chi connectivity index (χ2n) is 3.81. The zero-order chi connectivity index (χ0) is 12.6. The molecule has 0 heterocycles. The normalized spacial score (nSPS) is 11.7. The summed E-state index contributed by atoms with van der Waals surface area (Å²) < 4.78 is 17.0. The van der Waals surface area contributed by atoms with Crippen LogP contribution in [0.3, 0.4) is 0 Å². The molecule has 0 amide bonds. The van der Waals surface area contributed by atoms with Crippen molar-refractivity contribution in [3.63, 3.8) is 0 Å². The molecule has 1 rings (SSSR count). The lowest BCUT2D eigenvalue weighted by Crippen LogP contribution is -2.43. The van der Waals surface area contributed by atoms with Gasteiger partial charge in [0, 0.05) is 26.4 Å². The Morgan fingerprint density at radius 2 is 1.53 bits per heavy atom. The van der Waals surface area contributed by atoms with Crippen LogP contribution < -0.4 is 0 Å². The lowest BCUT2D eigenvalue weighted by molar-refractivity contribution is 0.0748. The highest BCUT2D eigenvalue weighted by molar-refractivity contribution is 6.59. The predicted molar refractivity (Wildman–Crippen MR) is 71.0 cm³/mol. The van der Waals surface area contributed by atoms with E-state index >= 15 is 0 Å². The molecule has 0 aliphatic rings. The Kier molecular flexibility index (Phi) is 6.43. The minimum Gasteiger partial charge on any atom is -0.374 e. The Bertz CT molecular complexity index is 297. The van der Waals surface area contributed by atoms with Crippen molar-refractivity contribution < 1.29 is 13.3 Å². The summed E-state index contributed by atoms with van der Waals surface area (Å²) in [5.74, 6) is 0. The van der Waals surface area contributed by atoms with Gasteiger partial charge in [-0.05, 0) is 25.8 Å². The van der Waals surface area contributed by atoms with Crippen molar-refractivity contribution in [1.82, 2.24) is 0 Å². The summed E-state index contributed by atoms with van der Waals surface area (Å²) in [6.07, 6.45) is 0.892. The van der Waals surface area contributed by atoms with E-state index in [1.807, 2.05) is 38.6 Å². The first kappa shape index (κ1) is 14.4. The average molecular weight is 254 g/mol. The summed E-state index contributed by atoms with van der Waals surface area (Å²) in [7, 11) is -2.40. The first-order chi connectivity index (χ1) is 8.20. The number of benzene rings is 1. The summed E-state index contributed by atoms with van der Waals surface area (Å²) in [6, 6.07) is 10.3. The third-order valence-corrected chi connectivity index (χ3v) is 4.77. The first-order valence-electron chi connectivity index (χ1n) is 6.16. The largest absolute Gasteiger partial charge is 0.497 e. The first-order valence-corrected chi connectivity index (χ1v) is 8.38. The molecule has 0 aliphatic heterocycles. The van der Waals surface area contributed by atoms with Crippen molar-refractivity contribution in [3.8, 4) is 0 Å². The molecule has 3 nitrogen and oxygen atoms in total. The van der Waals surface area contributed by atoms with Gasteiger partial charge in [-0.3, -0.25) is 0 Å². The fourth-order valence-electron chi connectivity index (χ4n) is 1.65. The van der Waals surface area contributed by atoms with Crippen molar-refractivity contribution in [2.45, 2.75) is 26.8 Å². The molecule has 1 aromatic carbocycles. The molecule has 0 saturated heterocycles. The van der Waals surface area contributed by atoms with E-state index in [1.165, 1.54) is 5.56 Å². The van der Waals surface area contributed by atoms with Gasteiger partial charge < -0.3 is 13.3 Å². The zero-order valence-electron chi connectivity index (χ0n) is 10.9. The van der Waals surface area contributed by atoms with Crippen LogP contribution in [0.4, 0.5) is 0 Å². The molecule has 4 heteroatoms. The topological polar surface area (TPSA) is 27.7 Å². The van der Waals surface area contributed by atoms with Gasteiger partial charge in [0.1, 0.15) is 0 Å². The quantitative estimate of drug-likeness (QED) is 0.668. The van der Waals surface area contributed by atoms with E-state index in [0.717, 1.165) is 6.42 Å². The van der Waals surface area contributed by atoms with Crippen LogP contribution in [0.5, 0.6) is 0 Å². The summed E-state index contributed by atoms with van der Waals surface area (Å²) >= 11 is 0. The van der Waals surface area contributed by atoms with E-state index in [2.05, 4.69) is 12.1 Å². The lowest BCUT2D eigenvalue weighted by Gasteiger charge is -2.24. The molecule has 17 heavy (non-hydrogen) atoms. The van der Waals surface area contributed by atoms with Gasteiger partial charge in [-0.15, -0.1) is 0 Å². The minimum atomic E-state index is -2.40. The fourth-order valence-corrected chi connectivity index (χ4v) is 3.42. The van der Waals surface area contributed by atoms with Crippen molar-refractivity contribution >= 4 is 8.80 Å². The third kappa shape index (κ3) is 5.45. The molecule has 0 spiro atoms. The molecule has 0 aromatic heterocycles. The molecule has 0 saturated carbocycles. The van der Waals surface area contributed by atoms with Crippen LogP contribution in [-0.2, 0) is 19.7 Å². The van der Waals surface area contributed by atoms with Crippen LogP contribution >= 0.6 is 0 Å².